The van der Waals surface area contributed by atoms with Crippen molar-refractivity contribution in [2.75, 3.05) is 32.7 Å². The molecule has 2 saturated heterocycles. The van der Waals surface area contributed by atoms with Gasteiger partial charge in [0.1, 0.15) is 6.04 Å². The first-order chi connectivity index (χ1) is 13.6. The van der Waals surface area contributed by atoms with Gasteiger partial charge in [-0.05, 0) is 18.6 Å². The van der Waals surface area contributed by atoms with Crippen molar-refractivity contribution in [3.05, 3.63) is 34.9 Å². The lowest BCUT2D eigenvalue weighted by Gasteiger charge is -2.27. The van der Waals surface area contributed by atoms with Crippen molar-refractivity contribution in [2.45, 2.75) is 18.9 Å². The molecule has 0 spiro atoms. The molecule has 3 aliphatic rings. The molecule has 8 nitrogen and oxygen atoms in total. The Kier molecular flexibility index (Phi) is 4.94. The first-order valence-electron chi connectivity index (χ1n) is 9.33. The minimum atomic E-state index is -0.966. The third-order valence-electron chi connectivity index (χ3n) is 5.20. The maximum absolute atomic E-state index is 13.0. The predicted octanol–water partition coefficient (Wildman–Crippen LogP) is -0.655. The first-order valence-corrected chi connectivity index (χ1v) is 9.33. The number of carbonyl (C=O) groups is 4. The Hall–Kier alpha value is -3.02. The Morgan fingerprint density at radius 3 is 2.61 bits per heavy atom. The predicted molar refractivity (Wildman–Crippen MR) is 99.3 cm³/mol. The lowest BCUT2D eigenvalue weighted by molar-refractivity contribution is -0.136. The van der Waals surface area contributed by atoms with Crippen molar-refractivity contribution in [1.29, 1.82) is 0 Å². The Bertz CT molecular complexity index is 924. The van der Waals surface area contributed by atoms with Gasteiger partial charge in [-0.2, -0.15) is 0 Å². The maximum Gasteiger partial charge on any atom is 0.263 e. The average molecular weight is 380 g/mol. The largest absolute Gasteiger partial charge is 0.314 e. The molecule has 28 heavy (non-hydrogen) atoms. The fourth-order valence-corrected chi connectivity index (χ4v) is 3.73. The Balaban J connectivity index is 1.58. The number of fused-ring (bicyclic) bond motifs is 1. The summed E-state index contributed by atoms with van der Waals surface area (Å²) >= 11 is 0. The van der Waals surface area contributed by atoms with E-state index in [1.165, 1.54) is 0 Å². The zero-order chi connectivity index (χ0) is 19.7. The summed E-state index contributed by atoms with van der Waals surface area (Å²) in [6, 6.07) is 4.00. The van der Waals surface area contributed by atoms with Gasteiger partial charge in [-0.3, -0.25) is 34.3 Å². The van der Waals surface area contributed by atoms with Crippen LogP contribution in [0.5, 0.6) is 0 Å². The van der Waals surface area contributed by atoms with Crippen LogP contribution < -0.4 is 10.6 Å². The van der Waals surface area contributed by atoms with Crippen LogP contribution in [0, 0.1) is 11.8 Å². The Morgan fingerprint density at radius 2 is 1.86 bits per heavy atom. The molecule has 0 radical (unpaired) electrons. The smallest absolute Gasteiger partial charge is 0.263 e. The molecule has 144 valence electrons. The number of hydrogen-bond acceptors (Lipinski definition) is 6. The lowest BCUT2D eigenvalue weighted by Crippen LogP contribution is -2.54. The average Bonchev–Trinajstić information content (AvgIpc) is 2.94. The van der Waals surface area contributed by atoms with E-state index in [1.807, 2.05) is 0 Å². The van der Waals surface area contributed by atoms with Crippen LogP contribution in [0.15, 0.2) is 18.2 Å². The van der Waals surface area contributed by atoms with E-state index in [0.29, 0.717) is 12.1 Å². The molecule has 0 aliphatic carbocycles. The number of piperazine rings is 1. The normalized spacial score (nSPS) is 22.6. The SMILES string of the molecule is O=C1CCC(N2C(=O)c3cccc(C#CCN4CCNCC4)c3C2=O)C(=O)N1. The first kappa shape index (κ1) is 18.3. The summed E-state index contributed by atoms with van der Waals surface area (Å²) in [6.45, 7) is 4.28. The van der Waals surface area contributed by atoms with Crippen molar-refractivity contribution in [3.63, 3.8) is 0 Å². The molecular formula is C20H20N4O4. The summed E-state index contributed by atoms with van der Waals surface area (Å²) in [5.41, 5.74) is 0.981. The third-order valence-corrected chi connectivity index (χ3v) is 5.20. The highest BCUT2D eigenvalue weighted by atomic mass is 16.2. The highest BCUT2D eigenvalue weighted by Gasteiger charge is 2.45. The Labute approximate surface area is 162 Å². The van der Waals surface area contributed by atoms with Gasteiger partial charge < -0.3 is 5.32 Å². The van der Waals surface area contributed by atoms with Crippen LogP contribution in [0.1, 0.15) is 39.1 Å². The summed E-state index contributed by atoms with van der Waals surface area (Å²) in [5, 5.41) is 5.48. The molecule has 3 aliphatic heterocycles. The molecular weight excluding hydrogens is 360 g/mol. The fraction of sp³-hybridized carbons (Fsp3) is 0.400. The van der Waals surface area contributed by atoms with Crippen LogP contribution in [0.3, 0.4) is 0 Å². The van der Waals surface area contributed by atoms with Crippen molar-refractivity contribution >= 4 is 23.6 Å². The molecule has 1 aromatic carbocycles. The van der Waals surface area contributed by atoms with Gasteiger partial charge in [-0.1, -0.05) is 17.9 Å². The number of hydrogen-bond donors (Lipinski definition) is 2. The molecule has 1 aromatic rings. The van der Waals surface area contributed by atoms with Crippen molar-refractivity contribution in [3.8, 4) is 11.8 Å². The molecule has 4 amide bonds. The standard InChI is InChI=1S/C20H20N4O4/c25-16-7-6-15(18(26)22-16)24-19(27)14-5-1-3-13(17(14)20(24)28)4-2-10-23-11-8-21-9-12-23/h1,3,5,15,21H,6-12H2,(H,22,25,26). The minimum absolute atomic E-state index is 0.0984. The van der Waals surface area contributed by atoms with Crippen LogP contribution >= 0.6 is 0 Å². The van der Waals surface area contributed by atoms with E-state index in [9.17, 15) is 19.2 Å². The third kappa shape index (κ3) is 3.30. The van der Waals surface area contributed by atoms with Gasteiger partial charge >= 0.3 is 0 Å². The monoisotopic (exact) mass is 380 g/mol. The van der Waals surface area contributed by atoms with Gasteiger partial charge in [0.2, 0.25) is 11.8 Å². The van der Waals surface area contributed by atoms with E-state index < -0.39 is 29.7 Å². The highest BCUT2D eigenvalue weighted by molar-refractivity contribution is 6.24. The van der Waals surface area contributed by atoms with Gasteiger partial charge in [-0.25, -0.2) is 0 Å². The second kappa shape index (κ2) is 7.54. The molecule has 1 atom stereocenters. The van der Waals surface area contributed by atoms with Gasteiger partial charge in [0, 0.05) is 38.2 Å². The van der Waals surface area contributed by atoms with Crippen LogP contribution in [0.25, 0.3) is 0 Å². The number of imide groups is 2. The van der Waals surface area contributed by atoms with E-state index in [1.54, 1.807) is 18.2 Å². The number of benzene rings is 1. The number of rotatable bonds is 2. The molecule has 2 fully saturated rings. The maximum atomic E-state index is 13.0. The van der Waals surface area contributed by atoms with Crippen LogP contribution in [0.4, 0.5) is 0 Å². The van der Waals surface area contributed by atoms with Crippen LogP contribution in [-0.2, 0) is 9.59 Å². The molecule has 1 unspecified atom stereocenters. The van der Waals surface area contributed by atoms with E-state index >= 15 is 0 Å². The van der Waals surface area contributed by atoms with Crippen molar-refractivity contribution in [1.82, 2.24) is 20.4 Å². The van der Waals surface area contributed by atoms with Crippen molar-refractivity contribution in [2.24, 2.45) is 0 Å². The van der Waals surface area contributed by atoms with E-state index in [2.05, 4.69) is 27.4 Å². The zero-order valence-corrected chi connectivity index (χ0v) is 15.3. The molecule has 4 rings (SSSR count). The lowest BCUT2D eigenvalue weighted by atomic mass is 10.0. The summed E-state index contributed by atoms with van der Waals surface area (Å²) in [5.74, 6) is 4.06. The number of nitrogens with one attached hydrogen (secondary N) is 2. The molecule has 3 heterocycles. The van der Waals surface area contributed by atoms with Gasteiger partial charge in [0.25, 0.3) is 11.8 Å². The van der Waals surface area contributed by atoms with E-state index in [0.717, 1.165) is 31.1 Å². The van der Waals surface area contributed by atoms with E-state index in [4.69, 9.17) is 0 Å². The molecule has 2 N–H and O–H groups in total. The topological polar surface area (TPSA) is 98.8 Å². The second-order valence-electron chi connectivity index (χ2n) is 7.00. The summed E-state index contributed by atoms with van der Waals surface area (Å²) < 4.78 is 0. The summed E-state index contributed by atoms with van der Waals surface area (Å²) in [4.78, 5) is 52.5. The van der Waals surface area contributed by atoms with Gasteiger partial charge in [-0.15, -0.1) is 0 Å². The summed E-state index contributed by atoms with van der Waals surface area (Å²) in [7, 11) is 0. The number of amides is 4. The number of nitrogens with zero attached hydrogens (tertiary/aromatic N) is 2. The minimum Gasteiger partial charge on any atom is -0.314 e. The summed E-state index contributed by atoms with van der Waals surface area (Å²) in [6.07, 6.45) is 0.237. The molecule has 0 aromatic heterocycles. The zero-order valence-electron chi connectivity index (χ0n) is 15.3. The van der Waals surface area contributed by atoms with Gasteiger partial charge in [0.15, 0.2) is 0 Å². The van der Waals surface area contributed by atoms with Crippen molar-refractivity contribution < 1.29 is 19.2 Å². The number of carbonyl (C=O) groups excluding carboxylic acids is 4. The molecule has 0 saturated carbocycles. The quantitative estimate of drug-likeness (QED) is 0.522. The van der Waals surface area contributed by atoms with Crippen LogP contribution in [-0.4, -0.2) is 72.2 Å². The molecule has 0 bridgehead atoms. The Morgan fingerprint density at radius 1 is 1.07 bits per heavy atom. The molecule has 8 heteroatoms. The highest BCUT2D eigenvalue weighted by Crippen LogP contribution is 2.29. The van der Waals surface area contributed by atoms with Crippen LogP contribution in [0.2, 0.25) is 0 Å². The second-order valence-corrected chi connectivity index (χ2v) is 7.00. The van der Waals surface area contributed by atoms with E-state index in [-0.39, 0.29) is 24.0 Å². The fourth-order valence-electron chi connectivity index (χ4n) is 3.73. The van der Waals surface area contributed by atoms with Gasteiger partial charge in [0.05, 0.1) is 17.7 Å². The number of piperidine rings is 1.